The normalized spacial score (nSPS) is 9.75. The molecule has 0 aromatic carbocycles. The Hall–Kier alpha value is -2.51. The standard InChI is InChI=1S/C8H7N3O5/c1-5(7(12)13)3-10-4-6(11(15)16)2-9-8(10)14/h2,4H,1,3H2,(H,12,13). The first-order valence-corrected chi connectivity index (χ1v) is 4.03. The van der Waals surface area contributed by atoms with E-state index in [1.807, 2.05) is 0 Å². The maximum Gasteiger partial charge on any atom is 0.348 e. The topological polar surface area (TPSA) is 115 Å². The molecule has 0 saturated carbocycles. The monoisotopic (exact) mass is 225 g/mol. The van der Waals surface area contributed by atoms with Crippen molar-refractivity contribution in [1.29, 1.82) is 0 Å². The Kier molecular flexibility index (Phi) is 3.14. The van der Waals surface area contributed by atoms with Crippen molar-refractivity contribution in [2.75, 3.05) is 0 Å². The quantitative estimate of drug-likeness (QED) is 0.430. The number of aliphatic carboxylic acids is 1. The van der Waals surface area contributed by atoms with Crippen LogP contribution in [0.1, 0.15) is 0 Å². The molecular weight excluding hydrogens is 218 g/mol. The molecule has 0 atom stereocenters. The lowest BCUT2D eigenvalue weighted by Crippen LogP contribution is -2.24. The number of nitro groups is 1. The fraction of sp³-hybridized carbons (Fsp3) is 0.125. The number of nitrogens with zero attached hydrogens (tertiary/aromatic N) is 3. The van der Waals surface area contributed by atoms with Crippen molar-refractivity contribution in [1.82, 2.24) is 9.55 Å². The Morgan fingerprint density at radius 1 is 1.69 bits per heavy atom. The highest BCUT2D eigenvalue weighted by molar-refractivity contribution is 5.85. The number of aromatic nitrogens is 2. The van der Waals surface area contributed by atoms with E-state index in [0.29, 0.717) is 0 Å². The molecule has 1 heterocycles. The van der Waals surface area contributed by atoms with Crippen LogP contribution < -0.4 is 5.69 Å². The second-order valence-corrected chi connectivity index (χ2v) is 2.89. The molecule has 0 fully saturated rings. The van der Waals surface area contributed by atoms with E-state index in [4.69, 9.17) is 5.11 Å². The molecule has 0 unspecified atom stereocenters. The zero-order chi connectivity index (χ0) is 12.3. The molecular formula is C8H7N3O5. The molecule has 8 heteroatoms. The van der Waals surface area contributed by atoms with E-state index in [9.17, 15) is 19.7 Å². The van der Waals surface area contributed by atoms with Crippen LogP contribution in [0.2, 0.25) is 0 Å². The van der Waals surface area contributed by atoms with Gasteiger partial charge in [0.15, 0.2) is 0 Å². The van der Waals surface area contributed by atoms with Gasteiger partial charge in [-0.3, -0.25) is 14.7 Å². The van der Waals surface area contributed by atoms with Gasteiger partial charge in [0, 0.05) is 5.57 Å². The Bertz CT molecular complexity index is 519. The van der Waals surface area contributed by atoms with Crippen LogP contribution in [0.15, 0.2) is 29.3 Å². The number of carbonyl (C=O) groups is 1. The van der Waals surface area contributed by atoms with Crippen LogP contribution in [0.3, 0.4) is 0 Å². The summed E-state index contributed by atoms with van der Waals surface area (Å²) in [6, 6.07) is 0. The lowest BCUT2D eigenvalue weighted by atomic mass is 10.3. The number of carboxylic acids is 1. The van der Waals surface area contributed by atoms with Crippen LogP contribution in [0.25, 0.3) is 0 Å². The summed E-state index contributed by atoms with van der Waals surface area (Å²) in [5, 5.41) is 18.9. The zero-order valence-electron chi connectivity index (χ0n) is 7.99. The van der Waals surface area contributed by atoms with E-state index < -0.39 is 22.3 Å². The summed E-state index contributed by atoms with van der Waals surface area (Å²) < 4.78 is 0.814. The fourth-order valence-electron chi connectivity index (χ4n) is 0.925. The molecule has 16 heavy (non-hydrogen) atoms. The van der Waals surface area contributed by atoms with Gasteiger partial charge in [0.25, 0.3) is 0 Å². The van der Waals surface area contributed by atoms with Gasteiger partial charge in [0.1, 0.15) is 6.20 Å². The van der Waals surface area contributed by atoms with Crippen LogP contribution in [-0.4, -0.2) is 25.6 Å². The summed E-state index contributed by atoms with van der Waals surface area (Å²) in [5.74, 6) is -1.28. The van der Waals surface area contributed by atoms with Crippen molar-refractivity contribution < 1.29 is 14.8 Å². The Morgan fingerprint density at radius 3 is 2.81 bits per heavy atom. The van der Waals surface area contributed by atoms with Crippen LogP contribution in [-0.2, 0) is 11.3 Å². The molecule has 0 aliphatic heterocycles. The first kappa shape index (κ1) is 11.6. The van der Waals surface area contributed by atoms with Gasteiger partial charge in [-0.05, 0) is 0 Å². The van der Waals surface area contributed by atoms with E-state index in [1.165, 1.54) is 0 Å². The molecule has 0 radical (unpaired) electrons. The Morgan fingerprint density at radius 2 is 2.31 bits per heavy atom. The van der Waals surface area contributed by atoms with Crippen molar-refractivity contribution >= 4 is 11.7 Å². The van der Waals surface area contributed by atoms with Crippen LogP contribution in [0, 0.1) is 10.1 Å². The molecule has 0 saturated heterocycles. The molecule has 84 valence electrons. The summed E-state index contributed by atoms with van der Waals surface area (Å²) in [6.07, 6.45) is 1.73. The third-order valence-electron chi connectivity index (χ3n) is 1.72. The SMILES string of the molecule is C=C(Cn1cc([N+](=O)[O-])cnc1=O)C(=O)O. The molecule has 0 aliphatic rings. The lowest BCUT2D eigenvalue weighted by Gasteiger charge is -2.03. The van der Waals surface area contributed by atoms with Crippen molar-refractivity contribution in [2.24, 2.45) is 0 Å². The van der Waals surface area contributed by atoms with Gasteiger partial charge in [-0.2, -0.15) is 4.98 Å². The van der Waals surface area contributed by atoms with Gasteiger partial charge in [-0.1, -0.05) is 6.58 Å². The van der Waals surface area contributed by atoms with Gasteiger partial charge in [-0.15, -0.1) is 0 Å². The van der Waals surface area contributed by atoms with Gasteiger partial charge in [0.05, 0.1) is 17.7 Å². The van der Waals surface area contributed by atoms with E-state index in [-0.39, 0.29) is 12.1 Å². The minimum atomic E-state index is -1.28. The number of rotatable bonds is 4. The number of hydrogen-bond acceptors (Lipinski definition) is 5. The van der Waals surface area contributed by atoms with Crippen molar-refractivity contribution in [3.05, 3.63) is 45.1 Å². The van der Waals surface area contributed by atoms with Crippen molar-refractivity contribution in [2.45, 2.75) is 6.54 Å². The number of hydrogen-bond donors (Lipinski definition) is 1. The Labute approximate surface area is 88.6 Å². The minimum absolute atomic E-state index is 0.260. The third-order valence-corrected chi connectivity index (χ3v) is 1.72. The second kappa shape index (κ2) is 4.34. The minimum Gasteiger partial charge on any atom is -0.478 e. The molecule has 0 spiro atoms. The van der Waals surface area contributed by atoms with Gasteiger partial charge < -0.3 is 5.11 Å². The summed E-state index contributed by atoms with van der Waals surface area (Å²) in [5.41, 5.74) is -1.42. The van der Waals surface area contributed by atoms with Gasteiger partial charge >= 0.3 is 17.3 Å². The summed E-state index contributed by atoms with van der Waals surface area (Å²) in [7, 11) is 0. The van der Waals surface area contributed by atoms with E-state index >= 15 is 0 Å². The molecule has 8 nitrogen and oxygen atoms in total. The van der Waals surface area contributed by atoms with Crippen molar-refractivity contribution in [3.63, 3.8) is 0 Å². The van der Waals surface area contributed by atoms with Crippen molar-refractivity contribution in [3.8, 4) is 0 Å². The molecule has 0 bridgehead atoms. The summed E-state index contributed by atoms with van der Waals surface area (Å²) in [6.45, 7) is 2.86. The number of carboxylic acid groups (broad SMARTS) is 1. The maximum atomic E-state index is 11.1. The predicted molar refractivity (Wildman–Crippen MR) is 51.9 cm³/mol. The third kappa shape index (κ3) is 2.50. The predicted octanol–water partition coefficient (Wildman–Crippen LogP) is -0.208. The molecule has 1 aromatic rings. The van der Waals surface area contributed by atoms with E-state index in [0.717, 1.165) is 17.0 Å². The summed E-state index contributed by atoms with van der Waals surface area (Å²) >= 11 is 0. The average Bonchev–Trinajstić information content (AvgIpc) is 2.20. The average molecular weight is 225 g/mol. The largest absolute Gasteiger partial charge is 0.478 e. The first-order chi connectivity index (χ1) is 7.41. The van der Waals surface area contributed by atoms with Gasteiger partial charge in [0.2, 0.25) is 0 Å². The highest BCUT2D eigenvalue weighted by atomic mass is 16.6. The molecule has 1 aromatic heterocycles. The first-order valence-electron chi connectivity index (χ1n) is 4.03. The van der Waals surface area contributed by atoms with Crippen LogP contribution >= 0.6 is 0 Å². The molecule has 1 rings (SSSR count). The lowest BCUT2D eigenvalue weighted by molar-refractivity contribution is -0.385. The highest BCUT2D eigenvalue weighted by Gasteiger charge is 2.11. The summed E-state index contributed by atoms with van der Waals surface area (Å²) in [4.78, 5) is 34.5. The van der Waals surface area contributed by atoms with Gasteiger partial charge in [-0.25, -0.2) is 9.59 Å². The smallest absolute Gasteiger partial charge is 0.348 e. The maximum absolute atomic E-state index is 11.1. The van der Waals surface area contributed by atoms with E-state index in [2.05, 4.69) is 11.6 Å². The Balaban J connectivity index is 3.08. The fourth-order valence-corrected chi connectivity index (χ4v) is 0.925. The van der Waals surface area contributed by atoms with E-state index in [1.54, 1.807) is 0 Å². The highest BCUT2D eigenvalue weighted by Crippen LogP contribution is 2.05. The molecule has 0 amide bonds. The second-order valence-electron chi connectivity index (χ2n) is 2.89. The zero-order valence-corrected chi connectivity index (χ0v) is 7.99. The van der Waals surface area contributed by atoms with Crippen LogP contribution in [0.4, 0.5) is 5.69 Å². The van der Waals surface area contributed by atoms with Crippen LogP contribution in [0.5, 0.6) is 0 Å². The molecule has 0 aliphatic carbocycles. The molecule has 1 N–H and O–H groups in total.